The van der Waals surface area contributed by atoms with Gasteiger partial charge in [0.05, 0.1) is 19.2 Å². The van der Waals surface area contributed by atoms with Crippen LogP contribution in [0.4, 0.5) is 4.79 Å². The van der Waals surface area contributed by atoms with E-state index in [9.17, 15) is 4.79 Å². The van der Waals surface area contributed by atoms with Crippen LogP contribution in [0.1, 0.15) is 40.0 Å². The van der Waals surface area contributed by atoms with Gasteiger partial charge >= 0.3 is 6.09 Å². The van der Waals surface area contributed by atoms with Crippen molar-refractivity contribution in [1.82, 2.24) is 10.2 Å². The highest BCUT2D eigenvalue weighted by Crippen LogP contribution is 2.21. The molecule has 6 nitrogen and oxygen atoms in total. The van der Waals surface area contributed by atoms with Crippen LogP contribution in [0, 0.1) is 0 Å². The first kappa shape index (κ1) is 16.1. The van der Waals surface area contributed by atoms with Gasteiger partial charge in [-0.3, -0.25) is 9.89 Å². The van der Waals surface area contributed by atoms with Crippen molar-refractivity contribution in [3.8, 4) is 0 Å². The number of hydrogen-bond donors (Lipinski definition) is 1. The molecule has 120 valence electrons. The predicted octanol–water partition coefficient (Wildman–Crippen LogP) is 1.79. The van der Waals surface area contributed by atoms with E-state index in [1.54, 1.807) is 12.0 Å². The van der Waals surface area contributed by atoms with Crippen molar-refractivity contribution >= 4 is 11.9 Å². The number of methoxy groups -OCH3 is 1. The number of hydrogen-bond acceptors (Lipinski definition) is 5. The Bertz CT molecular complexity index is 403. The van der Waals surface area contributed by atoms with Crippen molar-refractivity contribution in [2.24, 2.45) is 4.99 Å². The fourth-order valence-electron chi connectivity index (χ4n) is 2.71. The minimum atomic E-state index is -0.462. The highest BCUT2D eigenvalue weighted by atomic mass is 16.6. The number of amides is 1. The number of ether oxygens (including phenoxy) is 2. The second-order valence-corrected chi connectivity index (χ2v) is 6.74. The monoisotopic (exact) mass is 297 g/mol. The van der Waals surface area contributed by atoms with Crippen molar-refractivity contribution in [2.45, 2.75) is 57.8 Å². The summed E-state index contributed by atoms with van der Waals surface area (Å²) in [4.78, 5) is 18.3. The lowest BCUT2D eigenvalue weighted by Gasteiger charge is -2.30. The second-order valence-electron chi connectivity index (χ2n) is 6.74. The molecule has 2 unspecified atom stereocenters. The molecular weight excluding hydrogens is 270 g/mol. The molecular formula is C15H27N3O3. The Morgan fingerprint density at radius 2 is 2.14 bits per heavy atom. The van der Waals surface area contributed by atoms with Gasteiger partial charge in [-0.15, -0.1) is 0 Å². The highest BCUT2D eigenvalue weighted by Gasteiger charge is 2.28. The first-order valence-electron chi connectivity index (χ1n) is 7.68. The lowest BCUT2D eigenvalue weighted by atomic mass is 10.2. The Kier molecular flexibility index (Phi) is 5.08. The van der Waals surface area contributed by atoms with Gasteiger partial charge in [0.15, 0.2) is 0 Å². The SMILES string of the molecule is COC1CCC(NC2=NCCN(C(=O)OC(C)(C)C)C2)C1. The van der Waals surface area contributed by atoms with E-state index in [4.69, 9.17) is 9.47 Å². The summed E-state index contributed by atoms with van der Waals surface area (Å²) in [6, 6.07) is 0.396. The van der Waals surface area contributed by atoms with E-state index in [1.165, 1.54) is 0 Å². The van der Waals surface area contributed by atoms with Crippen molar-refractivity contribution in [3.63, 3.8) is 0 Å². The Labute approximate surface area is 126 Å². The molecule has 0 bridgehead atoms. The minimum absolute atomic E-state index is 0.266. The lowest BCUT2D eigenvalue weighted by Crippen LogP contribution is -2.49. The van der Waals surface area contributed by atoms with Crippen molar-refractivity contribution in [2.75, 3.05) is 26.7 Å². The molecule has 1 N–H and O–H groups in total. The zero-order valence-corrected chi connectivity index (χ0v) is 13.5. The number of amidine groups is 1. The van der Waals surface area contributed by atoms with Crippen LogP contribution in [0.2, 0.25) is 0 Å². The number of carbonyl (C=O) groups excluding carboxylic acids is 1. The molecule has 1 saturated carbocycles. The van der Waals surface area contributed by atoms with Crippen molar-refractivity contribution < 1.29 is 14.3 Å². The Morgan fingerprint density at radius 1 is 1.38 bits per heavy atom. The molecule has 2 rings (SSSR count). The van der Waals surface area contributed by atoms with Crippen LogP contribution in [0.25, 0.3) is 0 Å². The first-order chi connectivity index (χ1) is 9.87. The van der Waals surface area contributed by atoms with Gasteiger partial charge in [0.1, 0.15) is 11.4 Å². The van der Waals surface area contributed by atoms with E-state index >= 15 is 0 Å². The standard InChI is InChI=1S/C15H27N3O3/c1-15(2,3)21-14(19)18-8-7-16-13(10-18)17-11-5-6-12(9-11)20-4/h11-12H,5-10H2,1-4H3,(H,16,17). The molecule has 0 aromatic carbocycles. The molecule has 1 fully saturated rings. The van der Waals surface area contributed by atoms with Gasteiger partial charge in [0.2, 0.25) is 0 Å². The second kappa shape index (κ2) is 6.64. The summed E-state index contributed by atoms with van der Waals surface area (Å²) in [5, 5.41) is 3.45. The van der Waals surface area contributed by atoms with Gasteiger partial charge < -0.3 is 14.8 Å². The summed E-state index contributed by atoms with van der Waals surface area (Å²) in [5.41, 5.74) is -0.462. The molecule has 2 aliphatic rings. The van der Waals surface area contributed by atoms with E-state index in [1.807, 2.05) is 20.8 Å². The lowest BCUT2D eigenvalue weighted by molar-refractivity contribution is 0.0276. The maximum Gasteiger partial charge on any atom is 0.410 e. The quantitative estimate of drug-likeness (QED) is 0.844. The summed E-state index contributed by atoms with van der Waals surface area (Å²) >= 11 is 0. The normalized spacial score (nSPS) is 26.5. The molecule has 0 aromatic heterocycles. The summed E-state index contributed by atoms with van der Waals surface area (Å²) in [7, 11) is 1.76. The molecule has 2 atom stereocenters. The molecule has 6 heteroatoms. The van der Waals surface area contributed by atoms with E-state index in [2.05, 4.69) is 10.3 Å². The Morgan fingerprint density at radius 3 is 2.76 bits per heavy atom. The van der Waals surface area contributed by atoms with E-state index in [0.29, 0.717) is 31.8 Å². The van der Waals surface area contributed by atoms with Crippen molar-refractivity contribution in [3.05, 3.63) is 0 Å². The zero-order chi connectivity index (χ0) is 15.5. The van der Waals surface area contributed by atoms with Crippen molar-refractivity contribution in [1.29, 1.82) is 0 Å². The number of nitrogens with zero attached hydrogens (tertiary/aromatic N) is 2. The molecule has 1 amide bonds. The molecule has 0 spiro atoms. The van der Waals surface area contributed by atoms with Gasteiger partial charge in [-0.25, -0.2) is 4.79 Å². The van der Waals surface area contributed by atoms with Crippen LogP contribution in [0.3, 0.4) is 0 Å². The Hall–Kier alpha value is -1.30. The third kappa shape index (κ3) is 4.88. The largest absolute Gasteiger partial charge is 0.444 e. The van der Waals surface area contributed by atoms with Crippen LogP contribution in [-0.4, -0.2) is 61.3 Å². The molecule has 0 aromatic rings. The molecule has 1 aliphatic heterocycles. The zero-order valence-electron chi connectivity index (χ0n) is 13.5. The fourth-order valence-corrected chi connectivity index (χ4v) is 2.71. The molecule has 21 heavy (non-hydrogen) atoms. The molecule has 0 radical (unpaired) electrons. The van der Waals surface area contributed by atoms with E-state index in [0.717, 1.165) is 25.1 Å². The van der Waals surface area contributed by atoms with E-state index in [-0.39, 0.29) is 6.09 Å². The number of rotatable bonds is 2. The topological polar surface area (TPSA) is 63.2 Å². The molecule has 0 saturated heterocycles. The summed E-state index contributed by atoms with van der Waals surface area (Å²) < 4.78 is 10.8. The Balaban J connectivity index is 1.83. The van der Waals surface area contributed by atoms with Gasteiger partial charge in [0.25, 0.3) is 0 Å². The van der Waals surface area contributed by atoms with Crippen LogP contribution >= 0.6 is 0 Å². The van der Waals surface area contributed by atoms with Crippen LogP contribution in [-0.2, 0) is 9.47 Å². The molecule has 1 aliphatic carbocycles. The summed E-state index contributed by atoms with van der Waals surface area (Å²) in [6.07, 6.45) is 3.25. The average Bonchev–Trinajstić information content (AvgIpc) is 2.85. The maximum atomic E-state index is 12.1. The van der Waals surface area contributed by atoms with Gasteiger partial charge in [-0.1, -0.05) is 0 Å². The van der Waals surface area contributed by atoms with Gasteiger partial charge in [0, 0.05) is 19.7 Å². The fraction of sp³-hybridized carbons (Fsp3) is 0.867. The first-order valence-corrected chi connectivity index (χ1v) is 7.68. The minimum Gasteiger partial charge on any atom is -0.444 e. The highest BCUT2D eigenvalue weighted by molar-refractivity contribution is 5.88. The third-order valence-corrected chi connectivity index (χ3v) is 3.75. The number of aliphatic imine (C=N–C) groups is 1. The van der Waals surface area contributed by atoms with Crippen LogP contribution in [0.15, 0.2) is 4.99 Å². The average molecular weight is 297 g/mol. The third-order valence-electron chi connectivity index (χ3n) is 3.75. The number of nitrogens with one attached hydrogen (secondary N) is 1. The molecule has 1 heterocycles. The number of carbonyl (C=O) groups is 1. The summed E-state index contributed by atoms with van der Waals surface area (Å²) in [5.74, 6) is 0.883. The van der Waals surface area contributed by atoms with Crippen LogP contribution in [0.5, 0.6) is 0 Å². The van der Waals surface area contributed by atoms with Crippen LogP contribution < -0.4 is 5.32 Å². The van der Waals surface area contributed by atoms with E-state index < -0.39 is 5.60 Å². The van der Waals surface area contributed by atoms with Gasteiger partial charge in [-0.05, 0) is 40.0 Å². The van der Waals surface area contributed by atoms with Gasteiger partial charge in [-0.2, -0.15) is 0 Å². The summed E-state index contributed by atoms with van der Waals surface area (Å²) in [6.45, 7) is 7.39. The smallest absolute Gasteiger partial charge is 0.410 e. The maximum absolute atomic E-state index is 12.1. The predicted molar refractivity (Wildman–Crippen MR) is 81.7 cm³/mol.